The predicted octanol–water partition coefficient (Wildman–Crippen LogP) is 4.88. The molecule has 2 aromatic carbocycles. The molecule has 0 radical (unpaired) electrons. The summed E-state index contributed by atoms with van der Waals surface area (Å²) >= 11 is 1.66. The minimum absolute atomic E-state index is 0.217. The first kappa shape index (κ1) is 19.1. The largest absolute Gasteiger partial charge is 0.268 e. The molecule has 29 heavy (non-hydrogen) atoms. The fourth-order valence-corrected chi connectivity index (χ4v) is 3.48. The van der Waals surface area contributed by atoms with Crippen molar-refractivity contribution in [2.75, 3.05) is 6.26 Å². The summed E-state index contributed by atoms with van der Waals surface area (Å²) < 4.78 is 14.9. The van der Waals surface area contributed by atoms with E-state index in [0.717, 1.165) is 21.6 Å². The number of aromatic nitrogens is 3. The van der Waals surface area contributed by atoms with E-state index in [2.05, 4.69) is 10.1 Å². The van der Waals surface area contributed by atoms with Crippen LogP contribution in [0.4, 0.5) is 4.39 Å². The molecule has 0 saturated carbocycles. The van der Waals surface area contributed by atoms with E-state index in [1.54, 1.807) is 42.4 Å². The third-order valence-electron chi connectivity index (χ3n) is 4.60. The zero-order valence-corrected chi connectivity index (χ0v) is 16.6. The molecule has 4 aromatic rings. The topological polar surface area (TPSA) is 47.8 Å². The normalized spacial score (nSPS) is 10.8. The van der Waals surface area contributed by atoms with Gasteiger partial charge < -0.3 is 0 Å². The number of nitrogens with zero attached hydrogens (tertiary/aromatic N) is 3. The van der Waals surface area contributed by atoms with Gasteiger partial charge in [0.15, 0.2) is 0 Å². The molecule has 0 amide bonds. The number of thioether (sulfide) groups is 1. The Morgan fingerprint density at radius 3 is 2.24 bits per heavy atom. The molecule has 4 rings (SSSR count). The Labute approximate surface area is 172 Å². The Morgan fingerprint density at radius 1 is 0.931 bits per heavy atom. The highest BCUT2D eigenvalue weighted by Crippen LogP contribution is 2.30. The number of halogens is 1. The van der Waals surface area contributed by atoms with Crippen LogP contribution < -0.4 is 5.56 Å². The number of hydrogen-bond acceptors (Lipinski definition) is 4. The lowest BCUT2D eigenvalue weighted by atomic mass is 10.00. The van der Waals surface area contributed by atoms with Gasteiger partial charge in [0.25, 0.3) is 5.56 Å². The van der Waals surface area contributed by atoms with Crippen molar-refractivity contribution in [3.05, 3.63) is 101 Å². The third-order valence-corrected chi connectivity index (χ3v) is 5.34. The molecule has 0 aliphatic carbocycles. The van der Waals surface area contributed by atoms with Crippen molar-refractivity contribution in [2.45, 2.75) is 11.4 Å². The van der Waals surface area contributed by atoms with Crippen molar-refractivity contribution in [1.29, 1.82) is 0 Å². The zero-order valence-electron chi connectivity index (χ0n) is 15.7. The molecule has 6 heteroatoms. The lowest BCUT2D eigenvalue weighted by molar-refractivity contribution is 0.628. The maximum atomic E-state index is 13.4. The summed E-state index contributed by atoms with van der Waals surface area (Å²) in [7, 11) is 0. The Bertz CT molecular complexity index is 1170. The van der Waals surface area contributed by atoms with Crippen molar-refractivity contribution in [1.82, 2.24) is 14.8 Å². The quantitative estimate of drug-likeness (QED) is 0.446. The van der Waals surface area contributed by atoms with Crippen molar-refractivity contribution in [3.8, 4) is 22.4 Å². The van der Waals surface area contributed by atoms with Crippen LogP contribution in [0.25, 0.3) is 22.4 Å². The van der Waals surface area contributed by atoms with Crippen LogP contribution in [0, 0.1) is 5.82 Å². The van der Waals surface area contributed by atoms with E-state index >= 15 is 0 Å². The molecule has 2 aromatic heterocycles. The molecule has 0 saturated heterocycles. The van der Waals surface area contributed by atoms with Gasteiger partial charge >= 0.3 is 0 Å². The summed E-state index contributed by atoms with van der Waals surface area (Å²) in [6.45, 7) is 0.348. The first-order valence-electron chi connectivity index (χ1n) is 9.05. The van der Waals surface area contributed by atoms with E-state index in [4.69, 9.17) is 0 Å². The molecule has 0 unspecified atom stereocenters. The van der Waals surface area contributed by atoms with Crippen LogP contribution in [0.5, 0.6) is 0 Å². The minimum Gasteiger partial charge on any atom is -0.268 e. The van der Waals surface area contributed by atoms with Gasteiger partial charge in [0.2, 0.25) is 0 Å². The van der Waals surface area contributed by atoms with Gasteiger partial charge in [-0.05, 0) is 53.8 Å². The van der Waals surface area contributed by atoms with Gasteiger partial charge in [0, 0.05) is 34.5 Å². The first-order chi connectivity index (χ1) is 14.1. The van der Waals surface area contributed by atoms with Crippen molar-refractivity contribution in [3.63, 3.8) is 0 Å². The summed E-state index contributed by atoms with van der Waals surface area (Å²) in [6, 6.07) is 19.4. The number of pyridine rings is 1. The van der Waals surface area contributed by atoms with E-state index in [-0.39, 0.29) is 11.4 Å². The monoisotopic (exact) mass is 403 g/mol. The molecule has 0 aliphatic rings. The van der Waals surface area contributed by atoms with Crippen molar-refractivity contribution >= 4 is 11.8 Å². The van der Waals surface area contributed by atoms with Crippen LogP contribution in [-0.4, -0.2) is 21.0 Å². The van der Waals surface area contributed by atoms with E-state index < -0.39 is 0 Å². The van der Waals surface area contributed by atoms with Gasteiger partial charge in [0.05, 0.1) is 12.2 Å². The van der Waals surface area contributed by atoms with E-state index in [9.17, 15) is 9.18 Å². The highest BCUT2D eigenvalue weighted by Gasteiger charge is 2.14. The van der Waals surface area contributed by atoms with Crippen molar-refractivity contribution in [2.24, 2.45) is 0 Å². The van der Waals surface area contributed by atoms with E-state index in [1.807, 2.05) is 42.7 Å². The molecule has 0 atom stereocenters. The molecular weight excluding hydrogens is 385 g/mol. The minimum atomic E-state index is -0.321. The molecule has 0 fully saturated rings. The molecule has 4 nitrogen and oxygen atoms in total. The Balaban J connectivity index is 1.86. The van der Waals surface area contributed by atoms with Crippen molar-refractivity contribution < 1.29 is 4.39 Å². The van der Waals surface area contributed by atoms with Crippen LogP contribution >= 0.6 is 11.8 Å². The number of hydrogen-bond donors (Lipinski definition) is 0. The Kier molecular flexibility index (Phi) is 5.53. The second-order valence-corrected chi connectivity index (χ2v) is 7.37. The fourth-order valence-electron chi connectivity index (χ4n) is 3.08. The Morgan fingerprint density at radius 2 is 1.59 bits per heavy atom. The number of benzene rings is 2. The average Bonchev–Trinajstić information content (AvgIpc) is 2.76. The molecule has 0 spiro atoms. The summed E-state index contributed by atoms with van der Waals surface area (Å²) in [5, 5.41) is 4.68. The summed E-state index contributed by atoms with van der Waals surface area (Å²) in [4.78, 5) is 17.9. The number of rotatable bonds is 5. The van der Waals surface area contributed by atoms with Crippen LogP contribution in [0.2, 0.25) is 0 Å². The van der Waals surface area contributed by atoms with Gasteiger partial charge in [0.1, 0.15) is 5.82 Å². The van der Waals surface area contributed by atoms with E-state index in [0.29, 0.717) is 17.8 Å². The lowest BCUT2D eigenvalue weighted by Gasteiger charge is -2.13. The molecule has 0 bridgehead atoms. The standard InChI is InChI=1S/C23H18FN3OS/c1-29-20-8-4-18(5-9-20)23-21(17-2-6-19(24)7-3-17)14-22(28)27(26-23)15-16-10-12-25-13-11-16/h2-14H,15H2,1H3. The second kappa shape index (κ2) is 8.41. The zero-order chi connectivity index (χ0) is 20.2. The molecule has 0 N–H and O–H groups in total. The SMILES string of the molecule is CSc1ccc(-c2nn(Cc3ccncc3)c(=O)cc2-c2ccc(F)cc2)cc1. The lowest BCUT2D eigenvalue weighted by Crippen LogP contribution is -2.24. The van der Waals surface area contributed by atoms with Crippen LogP contribution in [0.15, 0.2) is 88.8 Å². The highest BCUT2D eigenvalue weighted by atomic mass is 32.2. The maximum absolute atomic E-state index is 13.4. The smallest absolute Gasteiger partial charge is 0.267 e. The van der Waals surface area contributed by atoms with Gasteiger partial charge in [-0.3, -0.25) is 9.78 Å². The van der Waals surface area contributed by atoms with Gasteiger partial charge in [-0.25, -0.2) is 9.07 Å². The molecule has 144 valence electrons. The molecular formula is C23H18FN3OS. The van der Waals surface area contributed by atoms with Gasteiger partial charge in [-0.1, -0.05) is 24.3 Å². The third kappa shape index (κ3) is 4.27. The highest BCUT2D eigenvalue weighted by molar-refractivity contribution is 7.98. The van der Waals surface area contributed by atoms with Gasteiger partial charge in [-0.15, -0.1) is 11.8 Å². The van der Waals surface area contributed by atoms with Gasteiger partial charge in [-0.2, -0.15) is 5.10 Å². The fraction of sp³-hybridized carbons (Fsp3) is 0.0870. The summed E-state index contributed by atoms with van der Waals surface area (Å²) in [5.74, 6) is -0.321. The summed E-state index contributed by atoms with van der Waals surface area (Å²) in [5.41, 5.74) is 3.72. The second-order valence-electron chi connectivity index (χ2n) is 6.49. The van der Waals surface area contributed by atoms with Crippen LogP contribution in [0.3, 0.4) is 0 Å². The van der Waals surface area contributed by atoms with Crippen LogP contribution in [-0.2, 0) is 6.54 Å². The first-order valence-corrected chi connectivity index (χ1v) is 10.3. The average molecular weight is 403 g/mol. The van der Waals surface area contributed by atoms with Crippen LogP contribution in [0.1, 0.15) is 5.56 Å². The Hall–Kier alpha value is -3.25. The molecule has 0 aliphatic heterocycles. The maximum Gasteiger partial charge on any atom is 0.267 e. The predicted molar refractivity (Wildman–Crippen MR) is 114 cm³/mol. The molecule has 2 heterocycles. The summed E-state index contributed by atoms with van der Waals surface area (Å²) in [6.07, 6.45) is 5.40. The van der Waals surface area contributed by atoms with E-state index in [1.165, 1.54) is 16.8 Å².